The van der Waals surface area contributed by atoms with Gasteiger partial charge in [0.1, 0.15) is 12.4 Å². The second kappa shape index (κ2) is 10.4. The first-order valence-corrected chi connectivity index (χ1v) is 6.77. The Hall–Kier alpha value is -1.50. The SMILES string of the molecule is CCCCOCCOc1ccc(C#CCCO)cc1. The van der Waals surface area contributed by atoms with E-state index in [0.717, 1.165) is 30.8 Å². The van der Waals surface area contributed by atoms with Gasteiger partial charge in [0.2, 0.25) is 0 Å². The molecule has 1 rings (SSSR count). The predicted octanol–water partition coefficient (Wildman–Crippen LogP) is 2.62. The van der Waals surface area contributed by atoms with Crippen molar-refractivity contribution in [3.8, 4) is 17.6 Å². The van der Waals surface area contributed by atoms with E-state index in [9.17, 15) is 0 Å². The number of aliphatic hydroxyl groups excluding tert-OH is 1. The number of rotatable bonds is 8. The first-order valence-electron chi connectivity index (χ1n) is 6.77. The van der Waals surface area contributed by atoms with E-state index >= 15 is 0 Å². The smallest absolute Gasteiger partial charge is 0.119 e. The van der Waals surface area contributed by atoms with E-state index in [2.05, 4.69) is 18.8 Å². The van der Waals surface area contributed by atoms with Crippen LogP contribution >= 0.6 is 0 Å². The van der Waals surface area contributed by atoms with Crippen LogP contribution in [0.4, 0.5) is 0 Å². The number of benzene rings is 1. The highest BCUT2D eigenvalue weighted by Crippen LogP contribution is 2.11. The van der Waals surface area contributed by atoms with Gasteiger partial charge in [-0.2, -0.15) is 0 Å². The summed E-state index contributed by atoms with van der Waals surface area (Å²) in [5.74, 6) is 6.68. The molecule has 19 heavy (non-hydrogen) atoms. The molecule has 3 nitrogen and oxygen atoms in total. The standard InChI is InChI=1S/C16H22O3/c1-2-3-12-18-13-14-19-16-9-7-15(8-10-16)6-4-5-11-17/h7-10,17H,2-3,5,11-14H2,1H3. The van der Waals surface area contributed by atoms with Crippen molar-refractivity contribution >= 4 is 0 Å². The summed E-state index contributed by atoms with van der Waals surface area (Å²) in [6.07, 6.45) is 2.76. The lowest BCUT2D eigenvalue weighted by Crippen LogP contribution is -2.07. The van der Waals surface area contributed by atoms with Gasteiger partial charge in [0.05, 0.1) is 13.2 Å². The summed E-state index contributed by atoms with van der Waals surface area (Å²) in [6, 6.07) is 7.62. The summed E-state index contributed by atoms with van der Waals surface area (Å²) >= 11 is 0. The number of hydrogen-bond donors (Lipinski definition) is 1. The van der Waals surface area contributed by atoms with Crippen LogP contribution in [-0.2, 0) is 4.74 Å². The summed E-state index contributed by atoms with van der Waals surface area (Å²) in [5.41, 5.74) is 0.931. The van der Waals surface area contributed by atoms with E-state index in [1.807, 2.05) is 24.3 Å². The third kappa shape index (κ3) is 7.50. The molecule has 0 spiro atoms. The summed E-state index contributed by atoms with van der Waals surface area (Å²) in [6.45, 7) is 4.24. The fourth-order valence-corrected chi connectivity index (χ4v) is 1.42. The highest BCUT2D eigenvalue weighted by Gasteiger charge is 1.94. The molecule has 3 heteroatoms. The van der Waals surface area contributed by atoms with Crippen LogP contribution in [0, 0.1) is 11.8 Å². The second-order valence-electron chi connectivity index (χ2n) is 4.11. The maximum atomic E-state index is 8.63. The minimum absolute atomic E-state index is 0.103. The molecule has 0 fully saturated rings. The van der Waals surface area contributed by atoms with E-state index in [4.69, 9.17) is 14.6 Å². The van der Waals surface area contributed by atoms with Gasteiger partial charge in [-0.3, -0.25) is 0 Å². The summed E-state index contributed by atoms with van der Waals surface area (Å²) < 4.78 is 11.0. The molecule has 0 bridgehead atoms. The second-order valence-corrected chi connectivity index (χ2v) is 4.11. The van der Waals surface area contributed by atoms with Gasteiger partial charge in [-0.1, -0.05) is 25.2 Å². The minimum Gasteiger partial charge on any atom is -0.491 e. The Morgan fingerprint density at radius 3 is 2.58 bits per heavy atom. The van der Waals surface area contributed by atoms with Crippen LogP contribution in [-0.4, -0.2) is 31.5 Å². The molecule has 1 aromatic rings. The fourth-order valence-electron chi connectivity index (χ4n) is 1.42. The van der Waals surface area contributed by atoms with Crippen LogP contribution < -0.4 is 4.74 Å². The van der Waals surface area contributed by atoms with Crippen molar-refractivity contribution in [2.24, 2.45) is 0 Å². The van der Waals surface area contributed by atoms with Gasteiger partial charge in [-0.25, -0.2) is 0 Å². The van der Waals surface area contributed by atoms with E-state index in [1.165, 1.54) is 0 Å². The van der Waals surface area contributed by atoms with Crippen molar-refractivity contribution in [1.29, 1.82) is 0 Å². The molecule has 0 aliphatic heterocycles. The maximum Gasteiger partial charge on any atom is 0.119 e. The summed E-state index contributed by atoms with van der Waals surface area (Å²) in [4.78, 5) is 0. The Labute approximate surface area is 115 Å². The first-order chi connectivity index (χ1) is 9.36. The van der Waals surface area contributed by atoms with Crippen molar-refractivity contribution < 1.29 is 14.6 Å². The van der Waals surface area contributed by atoms with E-state index in [1.54, 1.807) is 0 Å². The molecular formula is C16H22O3. The van der Waals surface area contributed by atoms with Crippen molar-refractivity contribution in [3.63, 3.8) is 0 Å². The Balaban J connectivity index is 2.23. The Kier molecular flexibility index (Phi) is 8.54. The molecule has 0 unspecified atom stereocenters. The quantitative estimate of drug-likeness (QED) is 0.578. The average molecular weight is 262 g/mol. The molecular weight excluding hydrogens is 240 g/mol. The monoisotopic (exact) mass is 262 g/mol. The third-order valence-electron chi connectivity index (χ3n) is 2.46. The molecule has 0 aliphatic rings. The van der Waals surface area contributed by atoms with E-state index in [0.29, 0.717) is 19.6 Å². The van der Waals surface area contributed by atoms with Gasteiger partial charge in [-0.15, -0.1) is 0 Å². The molecule has 0 aromatic heterocycles. The molecule has 0 radical (unpaired) electrons. The van der Waals surface area contributed by atoms with Crippen LogP contribution in [0.1, 0.15) is 31.7 Å². The lowest BCUT2D eigenvalue weighted by molar-refractivity contribution is 0.0980. The zero-order valence-corrected chi connectivity index (χ0v) is 11.5. The topological polar surface area (TPSA) is 38.7 Å². The maximum absolute atomic E-state index is 8.63. The number of aliphatic hydroxyl groups is 1. The van der Waals surface area contributed by atoms with Crippen molar-refractivity contribution in [3.05, 3.63) is 29.8 Å². The first kappa shape index (κ1) is 15.6. The summed E-state index contributed by atoms with van der Waals surface area (Å²) in [7, 11) is 0. The third-order valence-corrected chi connectivity index (χ3v) is 2.46. The van der Waals surface area contributed by atoms with Crippen LogP contribution in [0.25, 0.3) is 0 Å². The Morgan fingerprint density at radius 2 is 1.89 bits per heavy atom. The predicted molar refractivity (Wildman–Crippen MR) is 76.2 cm³/mol. The van der Waals surface area contributed by atoms with Gasteiger partial charge < -0.3 is 14.6 Å². The van der Waals surface area contributed by atoms with Crippen molar-refractivity contribution in [2.45, 2.75) is 26.2 Å². The van der Waals surface area contributed by atoms with Gasteiger partial charge >= 0.3 is 0 Å². The van der Waals surface area contributed by atoms with Crippen molar-refractivity contribution in [1.82, 2.24) is 0 Å². The van der Waals surface area contributed by atoms with Crippen LogP contribution in [0.5, 0.6) is 5.75 Å². The van der Waals surface area contributed by atoms with Crippen LogP contribution in [0.15, 0.2) is 24.3 Å². The molecule has 104 valence electrons. The molecule has 1 N–H and O–H groups in total. The highest BCUT2D eigenvalue weighted by molar-refractivity contribution is 5.38. The number of ether oxygens (including phenoxy) is 2. The summed E-state index contributed by atoms with van der Waals surface area (Å²) in [5, 5.41) is 8.63. The van der Waals surface area contributed by atoms with Gasteiger partial charge in [0, 0.05) is 18.6 Å². The fraction of sp³-hybridized carbons (Fsp3) is 0.500. The molecule has 0 saturated carbocycles. The number of hydrogen-bond acceptors (Lipinski definition) is 3. The zero-order chi connectivity index (χ0) is 13.8. The van der Waals surface area contributed by atoms with Gasteiger partial charge in [0.15, 0.2) is 0 Å². The Bertz CT molecular complexity index is 387. The number of unbranched alkanes of at least 4 members (excludes halogenated alkanes) is 1. The van der Waals surface area contributed by atoms with Crippen molar-refractivity contribution in [2.75, 3.05) is 26.4 Å². The van der Waals surface area contributed by atoms with Gasteiger partial charge in [-0.05, 0) is 30.7 Å². The van der Waals surface area contributed by atoms with E-state index in [-0.39, 0.29) is 6.61 Å². The minimum atomic E-state index is 0.103. The van der Waals surface area contributed by atoms with Gasteiger partial charge in [0.25, 0.3) is 0 Å². The highest BCUT2D eigenvalue weighted by atomic mass is 16.5. The molecule has 0 amide bonds. The van der Waals surface area contributed by atoms with Crippen LogP contribution in [0.2, 0.25) is 0 Å². The molecule has 0 atom stereocenters. The molecule has 0 saturated heterocycles. The average Bonchev–Trinajstić information content (AvgIpc) is 2.44. The normalized spacial score (nSPS) is 9.79. The molecule has 0 heterocycles. The van der Waals surface area contributed by atoms with E-state index < -0.39 is 0 Å². The lowest BCUT2D eigenvalue weighted by Gasteiger charge is -2.06. The lowest BCUT2D eigenvalue weighted by atomic mass is 10.2. The Morgan fingerprint density at radius 1 is 1.11 bits per heavy atom. The largest absolute Gasteiger partial charge is 0.491 e. The molecule has 1 aromatic carbocycles. The zero-order valence-electron chi connectivity index (χ0n) is 11.5. The molecule has 0 aliphatic carbocycles. The van der Waals surface area contributed by atoms with Crippen LogP contribution in [0.3, 0.4) is 0 Å².